The molecule has 4 rings (SSSR count). The third-order valence-corrected chi connectivity index (χ3v) is 11.4. The van der Waals surface area contributed by atoms with Gasteiger partial charge in [0, 0.05) is 52.4 Å². The summed E-state index contributed by atoms with van der Waals surface area (Å²) in [6.45, 7) is 12.7. The molecule has 3 fully saturated rings. The maximum absolute atomic E-state index is 14.4. The molecule has 14 heteroatoms. The largest absolute Gasteiger partial charge is 0.457 e. The van der Waals surface area contributed by atoms with Gasteiger partial charge in [-0.1, -0.05) is 51.1 Å². The van der Waals surface area contributed by atoms with Gasteiger partial charge >= 0.3 is 5.97 Å². The number of aliphatic hydroxyl groups excluding tert-OH is 2. The molecular weight excluding hydrogens is 698 g/mol. The summed E-state index contributed by atoms with van der Waals surface area (Å²) in [7, 11) is 7.01. The number of carbonyl (C=O) groups excluding carboxylic acids is 3. The lowest BCUT2D eigenvalue weighted by Crippen LogP contribution is -2.60. The van der Waals surface area contributed by atoms with E-state index < -0.39 is 84.6 Å². The Morgan fingerprint density at radius 3 is 2.30 bits per heavy atom. The van der Waals surface area contributed by atoms with Crippen LogP contribution in [-0.4, -0.2) is 146 Å². The number of hydrogen-bond acceptors (Lipinski definition) is 12. The fraction of sp³-hybridized carbons (Fsp3) is 0.775. The third-order valence-electron chi connectivity index (χ3n) is 11.4. The van der Waals surface area contributed by atoms with Crippen LogP contribution in [0, 0.1) is 17.8 Å². The lowest BCUT2D eigenvalue weighted by molar-refractivity contribution is -0.312. The van der Waals surface area contributed by atoms with Crippen LogP contribution in [0.1, 0.15) is 73.3 Å². The Hall–Kier alpha value is -2.69. The van der Waals surface area contributed by atoms with Crippen molar-refractivity contribution < 1.29 is 53.0 Å². The predicted octanol–water partition coefficient (Wildman–Crippen LogP) is 2.51. The van der Waals surface area contributed by atoms with Crippen LogP contribution < -0.4 is 5.32 Å². The van der Waals surface area contributed by atoms with Crippen LogP contribution in [-0.2, 0) is 49.2 Å². The lowest BCUT2D eigenvalue weighted by Gasteiger charge is -2.48. The molecule has 3 aliphatic rings. The number of carbonyl (C=O) groups is 3. The van der Waals surface area contributed by atoms with Crippen LogP contribution in [0.25, 0.3) is 0 Å². The standard InChI is InChI=1S/C40H65N3O11/c1-22-17-31(45)35(54-39-33(46)30(42(8)9)18-23(2)50-39)24(3)34(53-32-20-40(7,49-11)36(26(5)51-32)52-27(6)44)25(4)37(47)41-29(38(48)43(10)21-22)19-28-15-13-12-14-16-28/h12-16,22-26,29-36,39,45-46H,17-21H2,1-11H3,(H,41,47)/t22-,23?,24+,25-,26+,29?,30+,31-,32+,33-,34+,35-,36+,39+,40-/m1/s1. The molecule has 0 bridgehead atoms. The number of rotatable bonds is 9. The van der Waals surface area contributed by atoms with Crippen LogP contribution in [0.5, 0.6) is 0 Å². The smallest absolute Gasteiger partial charge is 0.303 e. The molecule has 0 radical (unpaired) electrons. The fourth-order valence-corrected chi connectivity index (χ4v) is 8.36. The summed E-state index contributed by atoms with van der Waals surface area (Å²) in [6, 6.07) is 8.39. The first-order valence-electron chi connectivity index (χ1n) is 19.3. The number of nitrogens with zero attached hydrogens (tertiary/aromatic N) is 2. The number of benzene rings is 1. The molecule has 14 nitrogen and oxygen atoms in total. The first-order valence-corrected chi connectivity index (χ1v) is 19.3. The molecule has 3 heterocycles. The highest BCUT2D eigenvalue weighted by atomic mass is 16.7. The SMILES string of the molecule is CO[C@]1(C)C[C@H](O[C@H]2[C@H](C)[C@@H](O[C@@H]3OC(C)C[C@H](N(C)C)[C@H]3O)[C@H](O)C[C@@H](C)CN(C)C(=O)C(Cc3ccccc3)NC(=O)[C@@H]2C)O[C@@H](C)[C@@H]1OC(C)=O. The van der Waals surface area contributed by atoms with Gasteiger partial charge in [-0.05, 0) is 59.2 Å². The van der Waals surface area contributed by atoms with Crippen LogP contribution >= 0.6 is 0 Å². The first kappa shape index (κ1) is 44.0. The maximum atomic E-state index is 14.4. The van der Waals surface area contributed by atoms with E-state index in [-0.39, 0.29) is 43.2 Å². The van der Waals surface area contributed by atoms with Crippen LogP contribution in [0.3, 0.4) is 0 Å². The van der Waals surface area contributed by atoms with Gasteiger partial charge in [0.1, 0.15) is 17.7 Å². The molecule has 0 saturated carbocycles. The van der Waals surface area contributed by atoms with Gasteiger partial charge in [0.25, 0.3) is 0 Å². The second-order valence-electron chi connectivity index (χ2n) is 16.3. The number of hydrogen-bond donors (Lipinski definition) is 3. The number of esters is 1. The van der Waals surface area contributed by atoms with Crippen molar-refractivity contribution in [3.05, 3.63) is 35.9 Å². The zero-order chi connectivity index (χ0) is 40.1. The minimum Gasteiger partial charge on any atom is -0.457 e. The number of likely N-dealkylation sites (N-methyl/N-ethyl adjacent to an activating group) is 2. The van der Waals surface area contributed by atoms with Crippen LogP contribution in [0.15, 0.2) is 30.3 Å². The lowest BCUT2D eigenvalue weighted by atomic mass is 9.83. The zero-order valence-corrected chi connectivity index (χ0v) is 34.0. The summed E-state index contributed by atoms with van der Waals surface area (Å²) < 4.78 is 37.4. The minimum atomic E-state index is -1.10. The highest BCUT2D eigenvalue weighted by molar-refractivity contribution is 5.88. The average Bonchev–Trinajstić information content (AvgIpc) is 3.10. The summed E-state index contributed by atoms with van der Waals surface area (Å²) in [5, 5.41) is 26.6. The van der Waals surface area contributed by atoms with Crippen molar-refractivity contribution in [3.63, 3.8) is 0 Å². The van der Waals surface area contributed by atoms with E-state index in [0.29, 0.717) is 13.0 Å². The number of amides is 2. The monoisotopic (exact) mass is 763 g/mol. The van der Waals surface area contributed by atoms with Crippen LogP contribution in [0.2, 0.25) is 0 Å². The van der Waals surface area contributed by atoms with E-state index in [4.69, 9.17) is 28.4 Å². The Kier molecular flexibility index (Phi) is 15.5. The zero-order valence-electron chi connectivity index (χ0n) is 34.0. The molecule has 1 aromatic rings. The second kappa shape index (κ2) is 19.0. The Morgan fingerprint density at radius 1 is 1.02 bits per heavy atom. The van der Waals surface area contributed by atoms with Gasteiger partial charge in [0.05, 0.1) is 36.4 Å². The molecule has 54 heavy (non-hydrogen) atoms. The molecule has 2 unspecified atom stereocenters. The van der Waals surface area contributed by atoms with Crippen molar-refractivity contribution in [1.82, 2.24) is 15.1 Å². The Labute approximate surface area is 321 Å². The quantitative estimate of drug-likeness (QED) is 0.316. The van der Waals surface area contributed by atoms with E-state index in [9.17, 15) is 24.6 Å². The van der Waals surface area contributed by atoms with Gasteiger partial charge in [0.2, 0.25) is 11.8 Å². The van der Waals surface area contributed by atoms with Gasteiger partial charge in [0.15, 0.2) is 18.7 Å². The highest BCUT2D eigenvalue weighted by Crippen LogP contribution is 2.38. The van der Waals surface area contributed by atoms with Crippen molar-refractivity contribution >= 4 is 17.8 Å². The Morgan fingerprint density at radius 2 is 1.69 bits per heavy atom. The number of aliphatic hydroxyl groups is 2. The normalized spacial score (nSPS) is 40.3. The Bertz CT molecular complexity index is 1390. The van der Waals surface area contributed by atoms with Crippen LogP contribution in [0.4, 0.5) is 0 Å². The molecule has 3 N–H and O–H groups in total. The second-order valence-corrected chi connectivity index (χ2v) is 16.3. The van der Waals surface area contributed by atoms with Gasteiger partial charge < -0.3 is 53.8 Å². The predicted molar refractivity (Wildman–Crippen MR) is 200 cm³/mol. The van der Waals surface area contributed by atoms with Gasteiger partial charge in [-0.3, -0.25) is 14.4 Å². The molecule has 15 atom stereocenters. The first-order chi connectivity index (χ1) is 25.3. The van der Waals surface area contributed by atoms with E-state index in [1.54, 1.807) is 25.8 Å². The van der Waals surface area contributed by atoms with Crippen molar-refractivity contribution in [2.45, 2.75) is 147 Å². The van der Waals surface area contributed by atoms with E-state index in [2.05, 4.69) is 5.32 Å². The summed E-state index contributed by atoms with van der Waals surface area (Å²) in [5.41, 5.74) is -0.104. The number of nitrogens with one attached hydrogen (secondary N) is 1. The van der Waals surface area contributed by atoms with Crippen molar-refractivity contribution in [2.75, 3.05) is 34.8 Å². The van der Waals surface area contributed by atoms with E-state index in [0.717, 1.165) is 5.56 Å². The van der Waals surface area contributed by atoms with Gasteiger partial charge in [-0.25, -0.2) is 0 Å². The highest BCUT2D eigenvalue weighted by Gasteiger charge is 2.51. The Balaban J connectivity index is 1.75. The van der Waals surface area contributed by atoms with Crippen molar-refractivity contribution in [3.8, 4) is 0 Å². The van der Waals surface area contributed by atoms with Gasteiger partial charge in [-0.15, -0.1) is 0 Å². The summed E-state index contributed by atoms with van der Waals surface area (Å²) in [6.07, 6.45) is -6.38. The fourth-order valence-electron chi connectivity index (χ4n) is 8.36. The van der Waals surface area contributed by atoms with E-state index in [1.165, 1.54) is 14.0 Å². The molecule has 306 valence electrons. The molecule has 3 saturated heterocycles. The molecule has 2 amide bonds. The molecule has 0 aliphatic carbocycles. The summed E-state index contributed by atoms with van der Waals surface area (Å²) in [4.78, 5) is 43.9. The molecule has 0 aromatic heterocycles. The average molecular weight is 764 g/mol. The molecular formula is C40H65N3O11. The van der Waals surface area contributed by atoms with Crippen molar-refractivity contribution in [1.29, 1.82) is 0 Å². The van der Waals surface area contributed by atoms with E-state index in [1.807, 2.05) is 77.0 Å². The van der Waals surface area contributed by atoms with Crippen molar-refractivity contribution in [2.24, 2.45) is 17.8 Å². The summed E-state index contributed by atoms with van der Waals surface area (Å²) in [5.74, 6) is -2.90. The summed E-state index contributed by atoms with van der Waals surface area (Å²) >= 11 is 0. The third kappa shape index (κ3) is 10.8. The molecule has 0 spiro atoms. The maximum Gasteiger partial charge on any atom is 0.303 e. The molecule has 3 aliphatic heterocycles. The van der Waals surface area contributed by atoms with Gasteiger partial charge in [-0.2, -0.15) is 0 Å². The van der Waals surface area contributed by atoms with E-state index >= 15 is 0 Å². The number of methoxy groups -OCH3 is 1. The topological polar surface area (TPSA) is 166 Å². The minimum absolute atomic E-state index is 0.154. The number of ether oxygens (including phenoxy) is 6. The molecule has 1 aromatic carbocycles.